The van der Waals surface area contributed by atoms with Crippen molar-refractivity contribution in [2.75, 3.05) is 47.9 Å². The van der Waals surface area contributed by atoms with Crippen molar-refractivity contribution in [1.29, 1.82) is 0 Å². The number of anilines is 2. The number of carbonyl (C=O) groups excluding carboxylic acids is 1. The molecule has 1 aromatic heterocycles. The first-order valence-corrected chi connectivity index (χ1v) is 13.1. The predicted molar refractivity (Wildman–Crippen MR) is 128 cm³/mol. The predicted octanol–water partition coefficient (Wildman–Crippen LogP) is 3.32. The van der Waals surface area contributed by atoms with Crippen LogP contribution < -0.4 is 10.2 Å². The van der Waals surface area contributed by atoms with Gasteiger partial charge in [0.1, 0.15) is 17.3 Å². The van der Waals surface area contributed by atoms with Crippen LogP contribution in [0.4, 0.5) is 20.2 Å². The molecule has 2 N–H and O–H groups in total. The zero-order chi connectivity index (χ0) is 24.0. The molecule has 1 atom stereocenters. The Morgan fingerprint density at radius 1 is 1.09 bits per heavy atom. The molecule has 10 heteroatoms. The lowest BCUT2D eigenvalue weighted by atomic mass is 10.1. The molecule has 2 fully saturated rings. The van der Waals surface area contributed by atoms with E-state index in [1.165, 1.54) is 24.3 Å². The van der Waals surface area contributed by atoms with Gasteiger partial charge in [0, 0.05) is 49.0 Å². The molecule has 0 saturated carbocycles. The van der Waals surface area contributed by atoms with Crippen molar-refractivity contribution in [1.82, 2.24) is 9.88 Å². The van der Waals surface area contributed by atoms with Gasteiger partial charge in [-0.25, -0.2) is 17.2 Å². The van der Waals surface area contributed by atoms with E-state index in [1.54, 1.807) is 12.1 Å². The first-order chi connectivity index (χ1) is 16.2. The fourth-order valence-corrected chi connectivity index (χ4v) is 6.07. The number of aromatic amines is 1. The molecule has 0 unspecified atom stereocenters. The summed E-state index contributed by atoms with van der Waals surface area (Å²) in [5.74, 6) is -1.02. The molecule has 0 spiro atoms. The number of fused-ring (bicyclic) bond motifs is 1. The minimum Gasteiger partial charge on any atom is -0.370 e. The second-order valence-electron chi connectivity index (χ2n) is 9.06. The summed E-state index contributed by atoms with van der Waals surface area (Å²) < 4.78 is 52.0. The van der Waals surface area contributed by atoms with Crippen LogP contribution in [0, 0.1) is 18.6 Å². The van der Waals surface area contributed by atoms with E-state index in [0.29, 0.717) is 48.5 Å². The van der Waals surface area contributed by atoms with Crippen molar-refractivity contribution in [3.05, 3.63) is 59.3 Å². The summed E-state index contributed by atoms with van der Waals surface area (Å²) in [5, 5.41) is 3.04. The second-order valence-corrected chi connectivity index (χ2v) is 11.4. The monoisotopic (exact) mass is 488 g/mol. The van der Waals surface area contributed by atoms with Crippen LogP contribution in [0.25, 0.3) is 10.9 Å². The van der Waals surface area contributed by atoms with Gasteiger partial charge < -0.3 is 15.2 Å². The van der Waals surface area contributed by atoms with Crippen molar-refractivity contribution < 1.29 is 22.0 Å². The lowest BCUT2D eigenvalue weighted by Gasteiger charge is -2.32. The number of carbonyl (C=O) groups is 1. The van der Waals surface area contributed by atoms with E-state index in [4.69, 9.17) is 0 Å². The number of nitrogens with zero attached hydrogens (tertiary/aromatic N) is 2. The van der Waals surface area contributed by atoms with Gasteiger partial charge in [0.25, 0.3) is 5.91 Å². The Bertz CT molecular complexity index is 1320. The number of amides is 1. The Balaban J connectivity index is 1.30. The van der Waals surface area contributed by atoms with Gasteiger partial charge in [-0.05, 0) is 49.2 Å². The highest BCUT2D eigenvalue weighted by Gasteiger charge is 2.32. The van der Waals surface area contributed by atoms with E-state index in [2.05, 4.69) is 15.2 Å². The summed E-state index contributed by atoms with van der Waals surface area (Å²) in [4.78, 5) is 20.0. The van der Waals surface area contributed by atoms with Crippen LogP contribution >= 0.6 is 0 Å². The Hall–Kier alpha value is -2.98. The van der Waals surface area contributed by atoms with Crippen LogP contribution in [0.15, 0.2) is 36.4 Å². The molecule has 0 aliphatic carbocycles. The van der Waals surface area contributed by atoms with E-state index < -0.39 is 27.4 Å². The third kappa shape index (κ3) is 4.52. The summed E-state index contributed by atoms with van der Waals surface area (Å²) in [5.41, 5.74) is 2.52. The molecule has 0 radical (unpaired) electrons. The topological polar surface area (TPSA) is 85.5 Å². The van der Waals surface area contributed by atoms with Crippen LogP contribution in [0.5, 0.6) is 0 Å². The summed E-state index contributed by atoms with van der Waals surface area (Å²) in [7, 11) is -2.94. The SMILES string of the molecule is Cc1ccc(F)c2cc(C(=O)Nc3cc(F)cc(N4CC[C@@H](N5CCS(=O)(=O)CC5)C4)c3)[nH]c12. The number of halogens is 2. The standard InChI is InChI=1S/C24H26F2N4O3S/c1-15-2-3-21(26)20-13-22(28-23(15)20)24(31)27-17-10-16(25)11-19(12-17)30-5-4-18(14-30)29-6-8-34(32,33)9-7-29/h2-3,10-13,18,28H,4-9,14H2,1H3,(H,27,31)/t18-/m1/s1. The Kier molecular flexibility index (Phi) is 5.81. The van der Waals surface area contributed by atoms with Crippen LogP contribution in [0.1, 0.15) is 22.5 Å². The third-order valence-corrected chi connectivity index (χ3v) is 8.37. The fraction of sp³-hybridized carbons (Fsp3) is 0.375. The smallest absolute Gasteiger partial charge is 0.272 e. The average Bonchev–Trinajstić information content (AvgIpc) is 3.45. The fourth-order valence-electron chi connectivity index (χ4n) is 4.84. The molecule has 180 valence electrons. The molecule has 2 aliphatic heterocycles. The lowest BCUT2D eigenvalue weighted by Crippen LogP contribution is -2.47. The summed E-state index contributed by atoms with van der Waals surface area (Å²) in [6.45, 7) is 4.25. The number of hydrogen-bond donors (Lipinski definition) is 2. The molecule has 34 heavy (non-hydrogen) atoms. The zero-order valence-electron chi connectivity index (χ0n) is 18.8. The number of aryl methyl sites for hydroxylation is 1. The summed E-state index contributed by atoms with van der Waals surface area (Å²) in [6.07, 6.45) is 0.859. The molecule has 2 aromatic carbocycles. The number of aromatic nitrogens is 1. The van der Waals surface area contributed by atoms with Gasteiger partial charge in [-0.1, -0.05) is 6.07 Å². The molecular formula is C24H26F2N4O3S. The highest BCUT2D eigenvalue weighted by atomic mass is 32.2. The number of benzene rings is 2. The van der Waals surface area contributed by atoms with Gasteiger partial charge in [-0.3, -0.25) is 9.69 Å². The maximum Gasteiger partial charge on any atom is 0.272 e. The number of H-pyrrole nitrogens is 1. The Morgan fingerprint density at radius 2 is 1.85 bits per heavy atom. The molecule has 5 rings (SSSR count). The minimum absolute atomic E-state index is 0.177. The maximum absolute atomic E-state index is 14.4. The van der Waals surface area contributed by atoms with E-state index in [1.807, 2.05) is 11.8 Å². The molecule has 0 bridgehead atoms. The first-order valence-electron chi connectivity index (χ1n) is 11.3. The number of nitrogens with one attached hydrogen (secondary N) is 2. The zero-order valence-corrected chi connectivity index (χ0v) is 19.6. The molecule has 7 nitrogen and oxygen atoms in total. The maximum atomic E-state index is 14.4. The summed E-state index contributed by atoms with van der Waals surface area (Å²) >= 11 is 0. The summed E-state index contributed by atoms with van der Waals surface area (Å²) in [6, 6.07) is 9.06. The Labute approximate surface area is 196 Å². The van der Waals surface area contributed by atoms with Crippen molar-refractivity contribution >= 4 is 38.0 Å². The number of hydrogen-bond acceptors (Lipinski definition) is 5. The van der Waals surface area contributed by atoms with Gasteiger partial charge in [0.2, 0.25) is 0 Å². The molecule has 3 aromatic rings. The van der Waals surface area contributed by atoms with Crippen LogP contribution in [0.2, 0.25) is 0 Å². The average molecular weight is 489 g/mol. The quantitative estimate of drug-likeness (QED) is 0.589. The Morgan fingerprint density at radius 3 is 2.59 bits per heavy atom. The lowest BCUT2D eigenvalue weighted by molar-refractivity contribution is 0.102. The van der Waals surface area contributed by atoms with E-state index >= 15 is 0 Å². The third-order valence-electron chi connectivity index (χ3n) is 6.76. The highest BCUT2D eigenvalue weighted by molar-refractivity contribution is 7.91. The van der Waals surface area contributed by atoms with Gasteiger partial charge in [-0.2, -0.15) is 0 Å². The number of sulfone groups is 1. The van der Waals surface area contributed by atoms with Gasteiger partial charge in [-0.15, -0.1) is 0 Å². The van der Waals surface area contributed by atoms with Crippen molar-refractivity contribution in [2.24, 2.45) is 0 Å². The second kappa shape index (κ2) is 8.66. The van der Waals surface area contributed by atoms with Crippen molar-refractivity contribution in [3.63, 3.8) is 0 Å². The van der Waals surface area contributed by atoms with Crippen LogP contribution in [-0.2, 0) is 9.84 Å². The molecule has 1 amide bonds. The van der Waals surface area contributed by atoms with Gasteiger partial charge in [0.05, 0.1) is 17.0 Å². The van der Waals surface area contributed by atoms with Crippen molar-refractivity contribution in [2.45, 2.75) is 19.4 Å². The molecule has 2 saturated heterocycles. The number of rotatable bonds is 4. The van der Waals surface area contributed by atoms with Crippen molar-refractivity contribution in [3.8, 4) is 0 Å². The van der Waals surface area contributed by atoms with Crippen LogP contribution in [0.3, 0.4) is 0 Å². The molecule has 3 heterocycles. The largest absolute Gasteiger partial charge is 0.370 e. The van der Waals surface area contributed by atoms with Crippen LogP contribution in [-0.4, -0.2) is 67.9 Å². The first kappa shape index (κ1) is 22.8. The molecular weight excluding hydrogens is 462 g/mol. The van der Waals surface area contributed by atoms with E-state index in [-0.39, 0.29) is 23.2 Å². The minimum atomic E-state index is -2.94. The van der Waals surface area contributed by atoms with Gasteiger partial charge >= 0.3 is 0 Å². The normalized spacial score (nSPS) is 20.7. The van der Waals surface area contributed by atoms with Gasteiger partial charge in [0.15, 0.2) is 9.84 Å². The highest BCUT2D eigenvalue weighted by Crippen LogP contribution is 2.28. The molecule has 2 aliphatic rings. The van der Waals surface area contributed by atoms with E-state index in [9.17, 15) is 22.0 Å². The van der Waals surface area contributed by atoms with E-state index in [0.717, 1.165) is 12.0 Å².